The van der Waals surface area contributed by atoms with Gasteiger partial charge in [0.15, 0.2) is 11.6 Å². The van der Waals surface area contributed by atoms with Crippen LogP contribution in [-0.2, 0) is 17.1 Å². The molecule has 3 rings (SSSR count). The number of hydrogen-bond donors (Lipinski definition) is 0. The van der Waals surface area contributed by atoms with Gasteiger partial charge in [-0.1, -0.05) is 15.9 Å². The normalized spacial score (nSPS) is 16.8. The monoisotopic (exact) mass is 445 g/mol. The molecule has 0 amide bonds. The molecule has 0 N–H and O–H groups in total. The number of piperidine rings is 1. The number of benzene rings is 1. The minimum atomic E-state index is -3.60. The Balaban J connectivity index is 1.70. The SMILES string of the molecule is Cc1nn(C)c(C)c1S(=O)(=O)N1CCC(Oc2ccc(Br)cc2F)CC1. The second-order valence-corrected chi connectivity index (χ2v) is 9.21. The van der Waals surface area contributed by atoms with Gasteiger partial charge in [0, 0.05) is 24.6 Å². The summed E-state index contributed by atoms with van der Waals surface area (Å²) in [6.45, 7) is 4.11. The molecule has 26 heavy (non-hydrogen) atoms. The number of rotatable bonds is 4. The van der Waals surface area contributed by atoms with Crippen molar-refractivity contribution in [2.24, 2.45) is 7.05 Å². The Morgan fingerprint density at radius 1 is 1.27 bits per heavy atom. The first-order valence-corrected chi connectivity index (χ1v) is 10.6. The molecule has 6 nitrogen and oxygen atoms in total. The van der Waals surface area contributed by atoms with Gasteiger partial charge in [-0.25, -0.2) is 12.8 Å². The number of halogens is 2. The van der Waals surface area contributed by atoms with E-state index in [1.807, 2.05) is 0 Å². The minimum absolute atomic E-state index is 0.188. The maximum Gasteiger partial charge on any atom is 0.246 e. The van der Waals surface area contributed by atoms with Crippen LogP contribution in [0, 0.1) is 19.7 Å². The second kappa shape index (κ2) is 7.28. The third kappa shape index (κ3) is 3.65. The molecule has 1 aromatic heterocycles. The van der Waals surface area contributed by atoms with Crippen LogP contribution in [0.3, 0.4) is 0 Å². The van der Waals surface area contributed by atoms with E-state index >= 15 is 0 Å². The van der Waals surface area contributed by atoms with Gasteiger partial charge < -0.3 is 4.74 Å². The molecule has 142 valence electrons. The van der Waals surface area contributed by atoms with E-state index in [1.165, 1.54) is 10.4 Å². The van der Waals surface area contributed by atoms with Gasteiger partial charge in [-0.15, -0.1) is 0 Å². The number of hydrogen-bond acceptors (Lipinski definition) is 4. The highest BCUT2D eigenvalue weighted by molar-refractivity contribution is 9.10. The van der Waals surface area contributed by atoms with Crippen LogP contribution in [0.5, 0.6) is 5.75 Å². The number of aromatic nitrogens is 2. The quantitative estimate of drug-likeness (QED) is 0.724. The summed E-state index contributed by atoms with van der Waals surface area (Å²) in [5, 5.41) is 4.20. The Bertz CT molecular complexity index is 922. The van der Waals surface area contributed by atoms with Crippen LogP contribution in [0.2, 0.25) is 0 Å². The summed E-state index contributed by atoms with van der Waals surface area (Å²) in [4.78, 5) is 0.276. The van der Waals surface area contributed by atoms with E-state index in [0.29, 0.717) is 41.8 Å². The van der Waals surface area contributed by atoms with Crippen LogP contribution < -0.4 is 4.74 Å². The van der Waals surface area contributed by atoms with Gasteiger partial charge >= 0.3 is 0 Å². The third-order valence-corrected chi connectivity index (χ3v) is 7.27. The van der Waals surface area contributed by atoms with E-state index in [0.717, 1.165) is 0 Å². The number of sulfonamides is 1. The first kappa shape index (κ1) is 19.3. The molecule has 0 aliphatic carbocycles. The van der Waals surface area contributed by atoms with Gasteiger partial charge in [-0.2, -0.15) is 9.40 Å². The summed E-state index contributed by atoms with van der Waals surface area (Å²) >= 11 is 3.21. The van der Waals surface area contributed by atoms with E-state index in [4.69, 9.17) is 4.74 Å². The predicted molar refractivity (Wildman–Crippen MR) is 99.2 cm³/mol. The van der Waals surface area contributed by atoms with Crippen LogP contribution in [0.1, 0.15) is 24.2 Å². The highest BCUT2D eigenvalue weighted by atomic mass is 79.9. The molecule has 9 heteroatoms. The molecular formula is C17H21BrFN3O3S. The fraction of sp³-hybridized carbons (Fsp3) is 0.471. The Hall–Kier alpha value is -1.45. The Morgan fingerprint density at radius 2 is 1.92 bits per heavy atom. The lowest BCUT2D eigenvalue weighted by atomic mass is 10.1. The van der Waals surface area contributed by atoms with Crippen molar-refractivity contribution in [3.05, 3.63) is 39.9 Å². The van der Waals surface area contributed by atoms with Crippen molar-refractivity contribution in [3.8, 4) is 5.75 Å². The van der Waals surface area contributed by atoms with Crippen molar-refractivity contribution < 1.29 is 17.5 Å². The fourth-order valence-electron chi connectivity index (χ4n) is 3.20. The molecule has 0 bridgehead atoms. The Kier molecular flexibility index (Phi) is 5.41. The summed E-state index contributed by atoms with van der Waals surface area (Å²) in [7, 11) is -1.87. The molecule has 1 fully saturated rings. The molecule has 0 spiro atoms. The van der Waals surface area contributed by atoms with Gasteiger partial charge in [-0.05, 0) is 44.9 Å². The average Bonchev–Trinajstić information content (AvgIpc) is 2.83. The fourth-order valence-corrected chi connectivity index (χ4v) is 5.40. The van der Waals surface area contributed by atoms with Crippen molar-refractivity contribution in [3.63, 3.8) is 0 Å². The number of ether oxygens (including phenoxy) is 1. The number of aryl methyl sites for hydroxylation is 2. The van der Waals surface area contributed by atoms with Crippen LogP contribution in [0.15, 0.2) is 27.6 Å². The molecule has 0 radical (unpaired) electrons. The molecule has 1 aliphatic heterocycles. The van der Waals surface area contributed by atoms with Crippen molar-refractivity contribution in [1.82, 2.24) is 14.1 Å². The van der Waals surface area contributed by atoms with Crippen molar-refractivity contribution in [2.45, 2.75) is 37.7 Å². The van der Waals surface area contributed by atoms with Gasteiger partial charge in [-0.3, -0.25) is 4.68 Å². The van der Waals surface area contributed by atoms with Crippen LogP contribution in [-0.4, -0.2) is 41.7 Å². The second-order valence-electron chi connectivity index (χ2n) is 6.42. The van der Waals surface area contributed by atoms with Crippen molar-refractivity contribution in [2.75, 3.05) is 13.1 Å². The summed E-state index contributed by atoms with van der Waals surface area (Å²) in [6, 6.07) is 4.64. The van der Waals surface area contributed by atoms with Crippen LogP contribution in [0.4, 0.5) is 4.39 Å². The first-order valence-electron chi connectivity index (χ1n) is 8.32. The maximum atomic E-state index is 13.9. The van der Waals surface area contributed by atoms with E-state index in [1.54, 1.807) is 37.7 Å². The average molecular weight is 446 g/mol. The van der Waals surface area contributed by atoms with Crippen LogP contribution in [0.25, 0.3) is 0 Å². The molecule has 1 aromatic carbocycles. The smallest absolute Gasteiger partial charge is 0.246 e. The molecule has 1 aliphatic rings. The summed E-state index contributed by atoms with van der Waals surface area (Å²) in [5.41, 5.74) is 1.12. The lowest BCUT2D eigenvalue weighted by Crippen LogP contribution is -2.42. The zero-order valence-electron chi connectivity index (χ0n) is 14.9. The Morgan fingerprint density at radius 3 is 2.46 bits per heavy atom. The van der Waals surface area contributed by atoms with Gasteiger partial charge in [0.25, 0.3) is 0 Å². The molecule has 0 saturated carbocycles. The Labute approximate surface area is 161 Å². The zero-order chi connectivity index (χ0) is 19.1. The molecule has 1 saturated heterocycles. The molecule has 0 unspecified atom stereocenters. The molecule has 2 heterocycles. The highest BCUT2D eigenvalue weighted by Crippen LogP contribution is 2.28. The molecular weight excluding hydrogens is 425 g/mol. The summed E-state index contributed by atoms with van der Waals surface area (Å²) in [6.07, 6.45) is 0.799. The highest BCUT2D eigenvalue weighted by Gasteiger charge is 2.34. The van der Waals surface area contributed by atoms with Crippen LogP contribution >= 0.6 is 15.9 Å². The minimum Gasteiger partial charge on any atom is -0.487 e. The topological polar surface area (TPSA) is 64.4 Å². The third-order valence-electron chi connectivity index (χ3n) is 4.63. The van der Waals surface area contributed by atoms with Gasteiger partial charge in [0.05, 0.1) is 11.4 Å². The van der Waals surface area contributed by atoms with E-state index in [-0.39, 0.29) is 16.7 Å². The lowest BCUT2D eigenvalue weighted by Gasteiger charge is -2.31. The lowest BCUT2D eigenvalue weighted by molar-refractivity contribution is 0.130. The molecule has 2 aromatic rings. The van der Waals surface area contributed by atoms with Gasteiger partial charge in [0.1, 0.15) is 11.0 Å². The molecule has 0 atom stereocenters. The predicted octanol–water partition coefficient (Wildman–Crippen LogP) is 3.17. The largest absolute Gasteiger partial charge is 0.487 e. The van der Waals surface area contributed by atoms with E-state index < -0.39 is 15.8 Å². The maximum absolute atomic E-state index is 13.9. The first-order chi connectivity index (χ1) is 12.2. The van der Waals surface area contributed by atoms with Gasteiger partial charge in [0.2, 0.25) is 10.0 Å². The van der Waals surface area contributed by atoms with E-state index in [2.05, 4.69) is 21.0 Å². The number of nitrogens with zero attached hydrogens (tertiary/aromatic N) is 3. The van der Waals surface area contributed by atoms with Crippen molar-refractivity contribution >= 4 is 26.0 Å². The standard InChI is InChI=1S/C17H21BrFN3O3S/c1-11-17(12(2)21(3)20-11)26(23,24)22-8-6-14(7-9-22)25-16-5-4-13(18)10-15(16)19/h4-5,10,14H,6-9H2,1-3H3. The summed E-state index contributed by atoms with van der Waals surface area (Å²) in [5.74, 6) is -0.246. The zero-order valence-corrected chi connectivity index (χ0v) is 17.3. The van der Waals surface area contributed by atoms with Crippen molar-refractivity contribution in [1.29, 1.82) is 0 Å². The van der Waals surface area contributed by atoms with E-state index in [9.17, 15) is 12.8 Å². The summed E-state index contributed by atoms with van der Waals surface area (Å²) < 4.78 is 49.3.